The number of rotatable bonds is 4. The average Bonchev–Trinajstić information content (AvgIpc) is 2.83. The maximum atomic E-state index is 13.6. The highest BCUT2D eigenvalue weighted by Gasteiger charge is 2.39. The minimum atomic E-state index is -3.82. The predicted octanol–water partition coefficient (Wildman–Crippen LogP) is 3.47. The van der Waals surface area contributed by atoms with Gasteiger partial charge in [0.15, 0.2) is 0 Å². The van der Waals surface area contributed by atoms with Crippen LogP contribution in [0.4, 0.5) is 0 Å². The van der Waals surface area contributed by atoms with Crippen LogP contribution >= 0.6 is 0 Å². The summed E-state index contributed by atoms with van der Waals surface area (Å²) in [5, 5.41) is 2.85. The minimum Gasteiger partial charge on any atom is -0.264 e. The zero-order chi connectivity index (χ0) is 23.2. The summed E-state index contributed by atoms with van der Waals surface area (Å²) in [5.41, 5.74) is 0. The van der Waals surface area contributed by atoms with E-state index in [2.05, 4.69) is 4.98 Å². The van der Waals surface area contributed by atoms with E-state index in [-0.39, 0.29) is 29.4 Å². The first-order valence-electron chi connectivity index (χ1n) is 10.6. The van der Waals surface area contributed by atoms with Crippen molar-refractivity contribution in [3.05, 3.63) is 79.1 Å². The SMILES string of the molecule is CC1CN(S(=O)(=O)c2cccc3ccccc23)CCN1S(=O)(=O)c1cccc2cnccc12. The number of benzene rings is 3. The quantitative estimate of drug-likeness (QED) is 0.445. The number of aromatic nitrogens is 1. The molecule has 0 amide bonds. The van der Waals surface area contributed by atoms with Gasteiger partial charge in [0.25, 0.3) is 0 Å². The van der Waals surface area contributed by atoms with Crippen LogP contribution in [-0.4, -0.2) is 56.1 Å². The normalized spacial score (nSPS) is 18.6. The van der Waals surface area contributed by atoms with Crippen LogP contribution in [0.15, 0.2) is 88.9 Å². The lowest BCUT2D eigenvalue weighted by atomic mass is 10.1. The lowest BCUT2D eigenvalue weighted by Crippen LogP contribution is -2.55. The molecule has 1 aromatic heterocycles. The molecule has 0 bridgehead atoms. The number of pyridine rings is 1. The van der Waals surface area contributed by atoms with Crippen LogP contribution in [-0.2, 0) is 20.0 Å². The molecule has 1 aliphatic heterocycles. The van der Waals surface area contributed by atoms with Crippen molar-refractivity contribution in [1.29, 1.82) is 0 Å². The lowest BCUT2D eigenvalue weighted by molar-refractivity contribution is 0.213. The molecule has 1 saturated heterocycles. The van der Waals surface area contributed by atoms with Gasteiger partial charge in [0.1, 0.15) is 0 Å². The summed E-state index contributed by atoms with van der Waals surface area (Å²) in [6.07, 6.45) is 3.20. The minimum absolute atomic E-state index is 0.0783. The highest BCUT2D eigenvalue weighted by atomic mass is 32.2. The Balaban J connectivity index is 1.46. The Morgan fingerprint density at radius 2 is 1.39 bits per heavy atom. The van der Waals surface area contributed by atoms with E-state index in [1.165, 1.54) is 8.61 Å². The lowest BCUT2D eigenvalue weighted by Gasteiger charge is -2.38. The molecule has 33 heavy (non-hydrogen) atoms. The van der Waals surface area contributed by atoms with Gasteiger partial charge < -0.3 is 0 Å². The molecule has 0 aliphatic carbocycles. The monoisotopic (exact) mass is 481 g/mol. The van der Waals surface area contributed by atoms with Crippen molar-refractivity contribution < 1.29 is 16.8 Å². The first-order chi connectivity index (χ1) is 15.8. The standard InChI is InChI=1S/C24H23N3O4S2/c1-18-17-26(32(28,29)23-10-4-7-19-6-2-3-9-21(19)23)14-15-27(18)33(30,31)24-11-5-8-20-16-25-13-12-22(20)24/h2-13,16,18H,14-15,17H2,1H3. The Morgan fingerprint density at radius 3 is 2.15 bits per heavy atom. The van der Waals surface area contributed by atoms with Gasteiger partial charge >= 0.3 is 0 Å². The second-order valence-electron chi connectivity index (χ2n) is 8.16. The average molecular weight is 482 g/mol. The molecular weight excluding hydrogens is 458 g/mol. The molecular formula is C24H23N3O4S2. The summed E-state index contributed by atoms with van der Waals surface area (Å²) in [4.78, 5) is 4.52. The smallest absolute Gasteiger partial charge is 0.244 e. The molecule has 0 saturated carbocycles. The third kappa shape index (κ3) is 3.71. The number of nitrogens with zero attached hydrogens (tertiary/aromatic N) is 3. The maximum Gasteiger partial charge on any atom is 0.244 e. The molecule has 7 nitrogen and oxygen atoms in total. The third-order valence-corrected chi connectivity index (χ3v) is 10.1. The topological polar surface area (TPSA) is 87.7 Å². The number of sulfonamides is 2. The predicted molar refractivity (Wildman–Crippen MR) is 128 cm³/mol. The molecule has 1 atom stereocenters. The van der Waals surface area contributed by atoms with E-state index in [4.69, 9.17) is 0 Å². The van der Waals surface area contributed by atoms with E-state index in [9.17, 15) is 16.8 Å². The third-order valence-electron chi connectivity index (χ3n) is 6.12. The van der Waals surface area contributed by atoms with Crippen LogP contribution < -0.4 is 0 Å². The van der Waals surface area contributed by atoms with Crippen LogP contribution in [0, 0.1) is 0 Å². The van der Waals surface area contributed by atoms with E-state index in [1.54, 1.807) is 55.7 Å². The molecule has 2 heterocycles. The summed E-state index contributed by atoms with van der Waals surface area (Å²) in [6, 6.07) is 18.8. The fraction of sp³-hybridized carbons (Fsp3) is 0.208. The number of hydrogen-bond acceptors (Lipinski definition) is 5. The van der Waals surface area contributed by atoms with Crippen LogP contribution in [0.2, 0.25) is 0 Å². The van der Waals surface area contributed by atoms with Crippen molar-refractivity contribution in [2.24, 2.45) is 0 Å². The van der Waals surface area contributed by atoms with Crippen molar-refractivity contribution in [3.63, 3.8) is 0 Å². The fourth-order valence-corrected chi connectivity index (χ4v) is 8.04. The van der Waals surface area contributed by atoms with Crippen LogP contribution in [0.25, 0.3) is 21.5 Å². The zero-order valence-corrected chi connectivity index (χ0v) is 19.6. The molecule has 1 fully saturated rings. The second kappa shape index (κ2) is 8.18. The Labute approximate surface area is 193 Å². The highest BCUT2D eigenvalue weighted by Crippen LogP contribution is 2.31. The van der Waals surface area contributed by atoms with Gasteiger partial charge in [-0.15, -0.1) is 0 Å². The van der Waals surface area contributed by atoms with Gasteiger partial charge in [-0.05, 0) is 30.5 Å². The van der Waals surface area contributed by atoms with Gasteiger partial charge in [0, 0.05) is 54.2 Å². The van der Waals surface area contributed by atoms with Crippen LogP contribution in [0.3, 0.4) is 0 Å². The van der Waals surface area contributed by atoms with Crippen molar-refractivity contribution >= 4 is 41.6 Å². The molecule has 4 aromatic rings. The van der Waals surface area contributed by atoms with Crippen LogP contribution in [0.5, 0.6) is 0 Å². The first kappa shape index (κ1) is 22.0. The number of fused-ring (bicyclic) bond motifs is 2. The van der Waals surface area contributed by atoms with E-state index < -0.39 is 26.1 Å². The maximum absolute atomic E-state index is 13.6. The molecule has 5 rings (SSSR count). The highest BCUT2D eigenvalue weighted by molar-refractivity contribution is 7.90. The van der Waals surface area contributed by atoms with Crippen LogP contribution in [0.1, 0.15) is 6.92 Å². The largest absolute Gasteiger partial charge is 0.264 e. The summed E-state index contributed by atoms with van der Waals surface area (Å²) >= 11 is 0. The van der Waals surface area contributed by atoms with Crippen molar-refractivity contribution in [2.45, 2.75) is 22.8 Å². The van der Waals surface area contributed by atoms with Gasteiger partial charge in [-0.1, -0.05) is 48.5 Å². The Hall–Kier alpha value is -2.85. The fourth-order valence-electron chi connectivity index (χ4n) is 4.49. The van der Waals surface area contributed by atoms with E-state index >= 15 is 0 Å². The molecule has 3 aromatic carbocycles. The first-order valence-corrected chi connectivity index (χ1v) is 13.5. The van der Waals surface area contributed by atoms with E-state index in [0.29, 0.717) is 10.8 Å². The second-order valence-corrected chi connectivity index (χ2v) is 11.9. The summed E-state index contributed by atoms with van der Waals surface area (Å²) in [6.45, 7) is 1.99. The van der Waals surface area contributed by atoms with Gasteiger partial charge in [-0.2, -0.15) is 8.61 Å². The molecule has 1 aliphatic rings. The van der Waals surface area contributed by atoms with E-state index in [0.717, 1.165) is 10.8 Å². The molecule has 1 unspecified atom stereocenters. The van der Waals surface area contributed by atoms with Gasteiger partial charge in [-0.3, -0.25) is 4.98 Å². The molecule has 0 spiro atoms. The van der Waals surface area contributed by atoms with Crippen molar-refractivity contribution in [1.82, 2.24) is 13.6 Å². The van der Waals surface area contributed by atoms with E-state index in [1.807, 2.05) is 30.3 Å². The summed E-state index contributed by atoms with van der Waals surface area (Å²) in [7, 11) is -7.61. The molecule has 0 radical (unpaired) electrons. The molecule has 9 heteroatoms. The number of hydrogen-bond donors (Lipinski definition) is 0. The molecule has 0 N–H and O–H groups in total. The van der Waals surface area contributed by atoms with Gasteiger partial charge in [-0.25, -0.2) is 16.8 Å². The molecule has 170 valence electrons. The van der Waals surface area contributed by atoms with Gasteiger partial charge in [0.2, 0.25) is 20.0 Å². The summed E-state index contributed by atoms with van der Waals surface area (Å²) in [5.74, 6) is 0. The Bertz CT molecular complexity index is 1560. The zero-order valence-electron chi connectivity index (χ0n) is 18.0. The Kier molecular flexibility index (Phi) is 5.44. The van der Waals surface area contributed by atoms with Crippen molar-refractivity contribution in [3.8, 4) is 0 Å². The summed E-state index contributed by atoms with van der Waals surface area (Å²) < 4.78 is 56.9. The number of piperazine rings is 1. The van der Waals surface area contributed by atoms with Crippen molar-refractivity contribution in [2.75, 3.05) is 19.6 Å². The van der Waals surface area contributed by atoms with Gasteiger partial charge in [0.05, 0.1) is 9.79 Å². The Morgan fingerprint density at radius 1 is 0.758 bits per heavy atom.